The Hall–Kier alpha value is 0.380. The molecule has 0 aromatic heterocycles. The number of hydrogen-bond donors (Lipinski definition) is 0. The molecule has 0 saturated heterocycles. The average molecular weight is 434 g/mol. The van der Waals surface area contributed by atoms with Gasteiger partial charge in [0.2, 0.25) is 10.0 Å². The minimum absolute atomic E-state index is 0.216. The lowest BCUT2D eigenvalue weighted by Crippen LogP contribution is -2.46. The summed E-state index contributed by atoms with van der Waals surface area (Å²) in [4.78, 5) is 0.227. The van der Waals surface area contributed by atoms with Crippen LogP contribution in [0.25, 0.3) is 0 Å². The molecule has 0 spiro atoms. The zero-order chi connectivity index (χ0) is 15.0. The van der Waals surface area contributed by atoms with E-state index in [4.69, 9.17) is 11.6 Å². The van der Waals surface area contributed by atoms with Crippen molar-refractivity contribution in [2.45, 2.75) is 31.2 Å². The van der Waals surface area contributed by atoms with Gasteiger partial charge >= 0.3 is 0 Å². The van der Waals surface area contributed by atoms with E-state index in [1.54, 1.807) is 26.0 Å². The first-order valence-corrected chi connectivity index (χ1v) is 9.10. The smallest absolute Gasteiger partial charge is 0.207 e. The van der Waals surface area contributed by atoms with Gasteiger partial charge in [-0.1, -0.05) is 15.9 Å². The zero-order valence-electron chi connectivity index (χ0n) is 11.2. The van der Waals surface area contributed by atoms with E-state index in [9.17, 15) is 8.42 Å². The standard InChI is InChI=1S/C12H16Br2ClNO2S/c1-8-5-10(14)11(6-9(8)13)19(17,18)16(4)12(2,3)7-15/h5-6H,7H2,1-4H3. The highest BCUT2D eigenvalue weighted by molar-refractivity contribution is 9.11. The minimum Gasteiger partial charge on any atom is -0.207 e. The van der Waals surface area contributed by atoms with Crippen molar-refractivity contribution in [2.75, 3.05) is 12.9 Å². The van der Waals surface area contributed by atoms with Crippen molar-refractivity contribution >= 4 is 53.5 Å². The lowest BCUT2D eigenvalue weighted by molar-refractivity contribution is 0.296. The number of alkyl halides is 1. The third-order valence-electron chi connectivity index (χ3n) is 3.03. The molecule has 0 unspecified atom stereocenters. The third kappa shape index (κ3) is 3.53. The molecule has 108 valence electrons. The van der Waals surface area contributed by atoms with E-state index in [1.807, 2.05) is 6.92 Å². The molecule has 0 amide bonds. The van der Waals surface area contributed by atoms with Crippen LogP contribution in [-0.2, 0) is 10.0 Å². The Morgan fingerprint density at radius 2 is 1.79 bits per heavy atom. The summed E-state index contributed by atoms with van der Waals surface area (Å²) < 4.78 is 27.9. The fourth-order valence-corrected chi connectivity index (χ4v) is 4.78. The van der Waals surface area contributed by atoms with Crippen LogP contribution in [-0.4, -0.2) is 31.2 Å². The molecule has 0 aliphatic rings. The van der Waals surface area contributed by atoms with Crippen LogP contribution in [0.5, 0.6) is 0 Å². The maximum absolute atomic E-state index is 12.6. The van der Waals surface area contributed by atoms with E-state index in [0.29, 0.717) is 4.47 Å². The predicted molar refractivity (Wildman–Crippen MR) is 86.3 cm³/mol. The number of benzene rings is 1. The molecule has 1 aromatic carbocycles. The highest BCUT2D eigenvalue weighted by Gasteiger charge is 2.34. The van der Waals surface area contributed by atoms with Gasteiger partial charge in [0.15, 0.2) is 0 Å². The normalized spacial score (nSPS) is 13.1. The molecule has 1 aromatic rings. The Bertz CT molecular complexity index is 588. The maximum Gasteiger partial charge on any atom is 0.244 e. The van der Waals surface area contributed by atoms with Crippen molar-refractivity contribution < 1.29 is 8.42 Å². The monoisotopic (exact) mass is 431 g/mol. The summed E-state index contributed by atoms with van der Waals surface area (Å²) in [6, 6.07) is 3.38. The van der Waals surface area contributed by atoms with Crippen molar-refractivity contribution in [1.29, 1.82) is 0 Å². The second-order valence-corrected chi connectivity index (χ2v) is 8.86. The van der Waals surface area contributed by atoms with Gasteiger partial charge in [-0.3, -0.25) is 0 Å². The molecule has 0 radical (unpaired) electrons. The van der Waals surface area contributed by atoms with Crippen molar-refractivity contribution in [3.63, 3.8) is 0 Å². The summed E-state index contributed by atoms with van der Waals surface area (Å²) in [6.45, 7) is 5.47. The largest absolute Gasteiger partial charge is 0.244 e. The Kier molecular flexibility index (Phi) is 5.52. The molecule has 0 heterocycles. The molecule has 0 bridgehead atoms. The lowest BCUT2D eigenvalue weighted by Gasteiger charge is -2.33. The van der Waals surface area contributed by atoms with E-state index in [1.165, 1.54) is 11.4 Å². The van der Waals surface area contributed by atoms with Gasteiger partial charge in [-0.2, -0.15) is 4.31 Å². The van der Waals surface area contributed by atoms with Gasteiger partial charge in [0.1, 0.15) is 0 Å². The molecule has 0 N–H and O–H groups in total. The Labute approximate surface area is 136 Å². The van der Waals surface area contributed by atoms with Crippen LogP contribution >= 0.6 is 43.5 Å². The van der Waals surface area contributed by atoms with Crippen molar-refractivity contribution in [3.8, 4) is 0 Å². The maximum atomic E-state index is 12.6. The summed E-state index contributed by atoms with van der Waals surface area (Å²) in [5.74, 6) is 0.216. The molecule has 3 nitrogen and oxygen atoms in total. The molecule has 0 saturated carbocycles. The van der Waals surface area contributed by atoms with Gasteiger partial charge < -0.3 is 0 Å². The van der Waals surface area contributed by atoms with Crippen LogP contribution in [0.2, 0.25) is 0 Å². The number of hydrogen-bond acceptors (Lipinski definition) is 2. The second kappa shape index (κ2) is 6.02. The SMILES string of the molecule is Cc1cc(Br)c(S(=O)(=O)N(C)C(C)(C)CCl)cc1Br. The molecular formula is C12H16Br2ClNO2S. The average Bonchev–Trinajstić information content (AvgIpc) is 2.32. The van der Waals surface area contributed by atoms with Crippen LogP contribution < -0.4 is 0 Å². The fraction of sp³-hybridized carbons (Fsp3) is 0.500. The van der Waals surface area contributed by atoms with Gasteiger partial charge in [-0.25, -0.2) is 8.42 Å². The highest BCUT2D eigenvalue weighted by Crippen LogP contribution is 2.32. The van der Waals surface area contributed by atoms with E-state index in [-0.39, 0.29) is 10.8 Å². The summed E-state index contributed by atoms with van der Waals surface area (Å²) in [6.07, 6.45) is 0. The minimum atomic E-state index is -3.61. The number of sulfonamides is 1. The van der Waals surface area contributed by atoms with Gasteiger partial charge in [0.25, 0.3) is 0 Å². The lowest BCUT2D eigenvalue weighted by atomic mass is 10.1. The van der Waals surface area contributed by atoms with E-state index < -0.39 is 15.6 Å². The molecular weight excluding hydrogens is 417 g/mol. The van der Waals surface area contributed by atoms with Crippen LogP contribution in [0.3, 0.4) is 0 Å². The molecule has 7 heteroatoms. The Morgan fingerprint density at radius 3 is 2.26 bits per heavy atom. The molecule has 0 atom stereocenters. The first-order chi connectivity index (χ1) is 8.54. The summed E-state index contributed by atoms with van der Waals surface area (Å²) in [5.41, 5.74) is 0.307. The molecule has 0 aliphatic carbocycles. The van der Waals surface area contributed by atoms with Crippen molar-refractivity contribution in [2.24, 2.45) is 0 Å². The second-order valence-electron chi connectivity index (χ2n) is 4.95. The number of halogens is 3. The van der Waals surface area contributed by atoms with Gasteiger partial charge in [-0.15, -0.1) is 11.6 Å². The zero-order valence-corrected chi connectivity index (χ0v) is 15.9. The van der Waals surface area contributed by atoms with E-state index in [0.717, 1.165) is 10.0 Å². The van der Waals surface area contributed by atoms with Crippen molar-refractivity contribution in [1.82, 2.24) is 4.31 Å². The van der Waals surface area contributed by atoms with Crippen molar-refractivity contribution in [3.05, 3.63) is 26.6 Å². The van der Waals surface area contributed by atoms with Gasteiger partial charge in [0, 0.05) is 27.4 Å². The Balaban J connectivity index is 3.40. The van der Waals surface area contributed by atoms with Gasteiger partial charge in [0.05, 0.1) is 4.90 Å². The topological polar surface area (TPSA) is 37.4 Å². The summed E-state index contributed by atoms with van der Waals surface area (Å²) in [5, 5.41) is 0. The molecule has 0 fully saturated rings. The molecule has 1 rings (SSSR count). The Morgan fingerprint density at radius 1 is 1.26 bits per heavy atom. The number of aryl methyl sites for hydroxylation is 1. The predicted octanol–water partition coefficient (Wildman–Crippen LogP) is 4.16. The summed E-state index contributed by atoms with van der Waals surface area (Å²) in [7, 11) is -2.07. The molecule has 0 aliphatic heterocycles. The third-order valence-corrected chi connectivity index (χ3v) is 7.57. The van der Waals surface area contributed by atoms with Gasteiger partial charge in [-0.05, 0) is 54.4 Å². The quantitative estimate of drug-likeness (QED) is 0.669. The first-order valence-electron chi connectivity index (χ1n) is 5.54. The van der Waals surface area contributed by atoms with Crippen LogP contribution in [0.1, 0.15) is 19.4 Å². The van der Waals surface area contributed by atoms with Crippen LogP contribution in [0.4, 0.5) is 0 Å². The summed E-state index contributed by atoms with van der Waals surface area (Å²) >= 11 is 12.5. The van der Waals surface area contributed by atoms with E-state index >= 15 is 0 Å². The fourth-order valence-electron chi connectivity index (χ4n) is 1.38. The number of rotatable bonds is 4. The first kappa shape index (κ1) is 17.4. The number of nitrogens with zero attached hydrogens (tertiary/aromatic N) is 1. The highest BCUT2D eigenvalue weighted by atomic mass is 79.9. The molecule has 19 heavy (non-hydrogen) atoms. The van der Waals surface area contributed by atoms with E-state index in [2.05, 4.69) is 31.9 Å². The van der Waals surface area contributed by atoms with Crippen LogP contribution in [0.15, 0.2) is 26.0 Å². The van der Waals surface area contributed by atoms with Crippen LogP contribution in [0, 0.1) is 6.92 Å².